The van der Waals surface area contributed by atoms with Crippen LogP contribution in [0.4, 0.5) is 8.78 Å². The molecule has 1 N–H and O–H groups in total. The van der Waals surface area contributed by atoms with Crippen molar-refractivity contribution in [1.29, 1.82) is 0 Å². The fourth-order valence-electron chi connectivity index (χ4n) is 2.25. The highest BCUT2D eigenvalue weighted by atomic mass is 32.2. The van der Waals surface area contributed by atoms with Crippen molar-refractivity contribution in [2.45, 2.75) is 10.9 Å². The second-order valence-electron chi connectivity index (χ2n) is 4.81. The first-order valence-electron chi connectivity index (χ1n) is 6.59. The molecule has 22 heavy (non-hydrogen) atoms. The number of rotatable bonds is 3. The summed E-state index contributed by atoms with van der Waals surface area (Å²) in [5.41, 5.74) is 2.69. The van der Waals surface area contributed by atoms with Gasteiger partial charge in [-0.2, -0.15) is 0 Å². The lowest BCUT2D eigenvalue weighted by molar-refractivity contribution is 0.510. The van der Waals surface area contributed by atoms with Crippen molar-refractivity contribution in [2.75, 3.05) is 0 Å². The molecule has 3 aromatic heterocycles. The zero-order valence-corrected chi connectivity index (χ0v) is 12.1. The Morgan fingerprint density at radius 3 is 2.86 bits per heavy atom. The summed E-state index contributed by atoms with van der Waals surface area (Å²) in [6, 6.07) is 8.01. The van der Waals surface area contributed by atoms with Gasteiger partial charge in [-0.05, 0) is 12.1 Å². The average molecular weight is 316 g/mol. The summed E-state index contributed by atoms with van der Waals surface area (Å²) in [5, 5.41) is 0.608. The molecule has 1 aromatic carbocycles. The molecule has 0 aliphatic heterocycles. The van der Waals surface area contributed by atoms with E-state index >= 15 is 0 Å². The number of pyridine rings is 1. The van der Waals surface area contributed by atoms with Gasteiger partial charge >= 0.3 is 0 Å². The highest BCUT2D eigenvalue weighted by Crippen LogP contribution is 2.24. The zero-order valence-electron chi connectivity index (χ0n) is 11.3. The summed E-state index contributed by atoms with van der Waals surface area (Å²) in [4.78, 5) is 11.7. The third kappa shape index (κ3) is 2.33. The van der Waals surface area contributed by atoms with Crippen LogP contribution in [0.25, 0.3) is 16.7 Å². The number of nitrogens with one attached hydrogen (secondary N) is 1. The molecular weight excluding hydrogens is 306 g/mol. The first kappa shape index (κ1) is 13.3. The van der Waals surface area contributed by atoms with Gasteiger partial charge in [0.05, 0.1) is 16.7 Å². The number of fused-ring (bicyclic) bond motifs is 2. The lowest BCUT2D eigenvalue weighted by Gasteiger charge is -1.92. The van der Waals surface area contributed by atoms with Crippen LogP contribution >= 0.6 is 11.8 Å². The van der Waals surface area contributed by atoms with Crippen LogP contribution in [0.2, 0.25) is 0 Å². The fourth-order valence-corrected chi connectivity index (χ4v) is 3.02. The molecule has 3 heterocycles. The molecule has 0 atom stereocenters. The second kappa shape index (κ2) is 5.10. The zero-order chi connectivity index (χ0) is 15.1. The van der Waals surface area contributed by atoms with Gasteiger partial charge < -0.3 is 9.38 Å². The van der Waals surface area contributed by atoms with Crippen molar-refractivity contribution in [2.24, 2.45) is 0 Å². The van der Waals surface area contributed by atoms with Crippen molar-refractivity contribution in [3.05, 3.63) is 60.1 Å². The summed E-state index contributed by atoms with van der Waals surface area (Å²) >= 11 is 1.44. The van der Waals surface area contributed by atoms with Crippen molar-refractivity contribution in [3.8, 4) is 0 Å². The summed E-state index contributed by atoms with van der Waals surface area (Å²) < 4.78 is 28.3. The molecule has 0 amide bonds. The van der Waals surface area contributed by atoms with Crippen LogP contribution in [0.5, 0.6) is 0 Å². The number of hydrogen-bond acceptors (Lipinski definition) is 3. The van der Waals surface area contributed by atoms with E-state index in [-0.39, 0.29) is 0 Å². The van der Waals surface area contributed by atoms with E-state index in [9.17, 15) is 8.78 Å². The Morgan fingerprint density at radius 1 is 1.14 bits per heavy atom. The Balaban J connectivity index is 1.58. The van der Waals surface area contributed by atoms with Gasteiger partial charge in [0, 0.05) is 30.3 Å². The number of thioether (sulfide) groups is 1. The highest BCUT2D eigenvalue weighted by Gasteiger charge is 2.10. The number of hydrogen-bond donors (Lipinski definition) is 1. The molecule has 110 valence electrons. The summed E-state index contributed by atoms with van der Waals surface area (Å²) in [7, 11) is 0. The van der Waals surface area contributed by atoms with Crippen LogP contribution in [0, 0.1) is 11.6 Å². The smallest absolute Gasteiger partial charge is 0.166 e. The van der Waals surface area contributed by atoms with Crippen molar-refractivity contribution in [1.82, 2.24) is 19.4 Å². The van der Waals surface area contributed by atoms with Crippen LogP contribution in [0.1, 0.15) is 5.69 Å². The minimum atomic E-state index is -0.893. The molecule has 4 aromatic rings. The van der Waals surface area contributed by atoms with Crippen LogP contribution < -0.4 is 0 Å². The largest absolute Gasteiger partial charge is 0.333 e. The number of nitrogens with zero attached hydrogens (tertiary/aromatic N) is 3. The molecule has 0 bridgehead atoms. The number of halogens is 2. The Labute approximate surface area is 128 Å². The molecule has 4 rings (SSSR count). The van der Waals surface area contributed by atoms with E-state index in [4.69, 9.17) is 0 Å². The predicted molar refractivity (Wildman–Crippen MR) is 80.8 cm³/mol. The number of imidazole rings is 2. The Morgan fingerprint density at radius 2 is 2.00 bits per heavy atom. The fraction of sp³-hybridized carbons (Fsp3) is 0.0667. The normalized spacial score (nSPS) is 11.5. The molecule has 0 aliphatic carbocycles. The third-order valence-electron chi connectivity index (χ3n) is 3.27. The van der Waals surface area contributed by atoms with E-state index < -0.39 is 11.6 Å². The lowest BCUT2D eigenvalue weighted by atomic mass is 10.3. The van der Waals surface area contributed by atoms with E-state index in [2.05, 4.69) is 15.0 Å². The highest BCUT2D eigenvalue weighted by molar-refractivity contribution is 7.98. The number of aromatic nitrogens is 4. The predicted octanol–water partition coefficient (Wildman–Crippen LogP) is 3.78. The van der Waals surface area contributed by atoms with Gasteiger partial charge in [-0.3, -0.25) is 0 Å². The molecule has 7 heteroatoms. The van der Waals surface area contributed by atoms with Crippen LogP contribution in [-0.2, 0) is 5.75 Å². The molecule has 0 saturated carbocycles. The van der Waals surface area contributed by atoms with E-state index in [1.807, 2.05) is 35.0 Å². The number of H-pyrrole nitrogens is 1. The van der Waals surface area contributed by atoms with Gasteiger partial charge in [0.25, 0.3) is 0 Å². The van der Waals surface area contributed by atoms with E-state index in [1.165, 1.54) is 11.8 Å². The molecule has 0 radical (unpaired) electrons. The average Bonchev–Trinajstić information content (AvgIpc) is 3.08. The van der Waals surface area contributed by atoms with Gasteiger partial charge in [-0.1, -0.05) is 17.8 Å². The third-order valence-corrected chi connectivity index (χ3v) is 4.18. The topological polar surface area (TPSA) is 46.0 Å². The Kier molecular flexibility index (Phi) is 3.07. The van der Waals surface area contributed by atoms with Crippen molar-refractivity contribution >= 4 is 28.4 Å². The number of benzene rings is 1. The maximum absolute atomic E-state index is 13.2. The Hall–Kier alpha value is -2.41. The lowest BCUT2D eigenvalue weighted by Crippen LogP contribution is -1.82. The number of aromatic amines is 1. The van der Waals surface area contributed by atoms with E-state index in [0.717, 1.165) is 23.5 Å². The molecule has 0 unspecified atom stereocenters. The summed E-state index contributed by atoms with van der Waals surface area (Å²) in [5.74, 6) is -1.16. The van der Waals surface area contributed by atoms with Crippen LogP contribution in [-0.4, -0.2) is 19.4 Å². The molecular formula is C15H10F2N4S. The minimum Gasteiger partial charge on any atom is -0.333 e. The molecule has 4 nitrogen and oxygen atoms in total. The van der Waals surface area contributed by atoms with E-state index in [0.29, 0.717) is 21.9 Å². The van der Waals surface area contributed by atoms with Gasteiger partial charge in [0.15, 0.2) is 16.8 Å². The summed E-state index contributed by atoms with van der Waals surface area (Å²) in [6.07, 6.45) is 3.88. The van der Waals surface area contributed by atoms with Gasteiger partial charge in [0.1, 0.15) is 5.65 Å². The van der Waals surface area contributed by atoms with Gasteiger partial charge in [-0.15, -0.1) is 0 Å². The van der Waals surface area contributed by atoms with E-state index in [1.54, 1.807) is 0 Å². The van der Waals surface area contributed by atoms with Crippen LogP contribution in [0.15, 0.2) is 47.9 Å². The summed E-state index contributed by atoms with van der Waals surface area (Å²) in [6.45, 7) is 0. The molecule has 0 saturated heterocycles. The van der Waals surface area contributed by atoms with Crippen molar-refractivity contribution < 1.29 is 8.78 Å². The second-order valence-corrected chi connectivity index (χ2v) is 5.78. The van der Waals surface area contributed by atoms with Gasteiger partial charge in [0.2, 0.25) is 0 Å². The molecule has 0 spiro atoms. The maximum atomic E-state index is 13.2. The minimum absolute atomic E-state index is 0.413. The quantitative estimate of drug-likeness (QED) is 0.585. The van der Waals surface area contributed by atoms with Gasteiger partial charge in [-0.25, -0.2) is 18.7 Å². The maximum Gasteiger partial charge on any atom is 0.166 e. The standard InChI is InChI=1S/C15H10F2N4S/c16-10-5-12-13(6-11(10)17)20-15(19-12)22-8-9-7-21-4-2-1-3-14(21)18-9/h1-7H,8H2,(H,19,20). The monoisotopic (exact) mass is 316 g/mol. The SMILES string of the molecule is Fc1cc2nc(SCc3cn4ccccc4n3)[nH]c2cc1F. The first-order valence-corrected chi connectivity index (χ1v) is 7.58. The van der Waals surface area contributed by atoms with Crippen molar-refractivity contribution in [3.63, 3.8) is 0 Å². The molecule has 0 fully saturated rings. The Bertz CT molecular complexity index is 904. The molecule has 0 aliphatic rings. The first-order chi connectivity index (χ1) is 10.7. The van der Waals surface area contributed by atoms with Crippen LogP contribution in [0.3, 0.4) is 0 Å².